The molecule has 0 aliphatic heterocycles. The van der Waals surface area contributed by atoms with Gasteiger partial charge in [0.15, 0.2) is 10.3 Å². The Hall–Kier alpha value is -4.94. The van der Waals surface area contributed by atoms with E-state index in [0.717, 1.165) is 56.9 Å². The van der Waals surface area contributed by atoms with Crippen molar-refractivity contribution >= 4 is 55.8 Å². The zero-order chi connectivity index (χ0) is 32.7. The van der Waals surface area contributed by atoms with E-state index < -0.39 is 0 Å². The molecule has 0 aliphatic carbocycles. The number of carbonyl (C=O) groups is 2. The maximum atomic E-state index is 12.5. The molecule has 0 radical (unpaired) electrons. The molecule has 2 heterocycles. The largest absolute Gasteiger partial charge is 0.378 e. The highest BCUT2D eigenvalue weighted by atomic mass is 32.2. The van der Waals surface area contributed by atoms with Gasteiger partial charge in [0.2, 0.25) is 5.91 Å². The second-order valence-corrected chi connectivity index (χ2v) is 12.4. The molecule has 46 heavy (non-hydrogen) atoms. The van der Waals surface area contributed by atoms with Gasteiger partial charge in [0.25, 0.3) is 5.91 Å². The molecule has 2 amide bonds. The van der Waals surface area contributed by atoms with Crippen LogP contribution in [0.4, 0.5) is 0 Å². The van der Waals surface area contributed by atoms with Crippen molar-refractivity contribution in [1.29, 1.82) is 16.2 Å². The fourth-order valence-electron chi connectivity index (χ4n) is 4.45. The highest BCUT2D eigenvalue weighted by molar-refractivity contribution is 8.26. The highest BCUT2D eigenvalue weighted by Gasteiger charge is 2.11. The number of pyridine rings is 2. The van der Waals surface area contributed by atoms with Gasteiger partial charge in [-0.15, -0.1) is 0 Å². The molecule has 0 atom stereocenters. The number of benzene rings is 2. The summed E-state index contributed by atoms with van der Waals surface area (Å²) < 4.78 is 0. The van der Waals surface area contributed by atoms with Crippen molar-refractivity contribution < 1.29 is 9.59 Å². The van der Waals surface area contributed by atoms with E-state index in [4.69, 9.17) is 22.0 Å². The smallest absolute Gasteiger partial charge is 0.252 e. The van der Waals surface area contributed by atoms with Gasteiger partial charge in [-0.3, -0.25) is 35.8 Å². The van der Waals surface area contributed by atoms with Crippen LogP contribution in [0.5, 0.6) is 0 Å². The molecule has 0 spiro atoms. The first-order valence-corrected chi connectivity index (χ1v) is 16.1. The Kier molecular flexibility index (Phi) is 12.9. The summed E-state index contributed by atoms with van der Waals surface area (Å²) in [5.74, 6) is -0.713. The summed E-state index contributed by atoms with van der Waals surface area (Å²) in [6.07, 6.45) is 9.23. The van der Waals surface area contributed by atoms with E-state index in [1.54, 1.807) is 24.8 Å². The van der Waals surface area contributed by atoms with Gasteiger partial charge in [0.05, 0.1) is 22.9 Å². The molecule has 0 saturated carbocycles. The normalized spacial score (nSPS) is 11.1. The Morgan fingerprint density at radius 3 is 1.78 bits per heavy atom. The summed E-state index contributed by atoms with van der Waals surface area (Å²) in [4.78, 5) is 37.2. The van der Waals surface area contributed by atoms with Crippen LogP contribution in [-0.4, -0.2) is 42.2 Å². The minimum Gasteiger partial charge on any atom is -0.378 e. The van der Waals surface area contributed by atoms with E-state index in [0.29, 0.717) is 25.7 Å². The van der Waals surface area contributed by atoms with Crippen molar-refractivity contribution in [1.82, 2.24) is 15.3 Å². The summed E-state index contributed by atoms with van der Waals surface area (Å²) >= 11 is 1.86. The van der Waals surface area contributed by atoms with Crippen molar-refractivity contribution in [2.75, 3.05) is 0 Å². The molecule has 4 rings (SSSR count). The molecule has 10 nitrogen and oxygen atoms in total. The number of rotatable bonds is 11. The van der Waals surface area contributed by atoms with Gasteiger partial charge in [-0.1, -0.05) is 60.7 Å². The molecular weight excluding hydrogens is 617 g/mol. The van der Waals surface area contributed by atoms with Crippen LogP contribution in [0.2, 0.25) is 0 Å². The molecule has 2 aromatic carbocycles. The second-order valence-electron chi connectivity index (χ2n) is 10.2. The third-order valence-corrected chi connectivity index (χ3v) is 8.07. The molecule has 0 unspecified atom stereocenters. The van der Waals surface area contributed by atoms with Gasteiger partial charge in [0, 0.05) is 24.8 Å². The van der Waals surface area contributed by atoms with Crippen molar-refractivity contribution in [3.05, 3.63) is 109 Å². The molecule has 0 saturated heterocycles. The van der Waals surface area contributed by atoms with Gasteiger partial charge in [0.1, 0.15) is 0 Å². The lowest BCUT2D eigenvalue weighted by atomic mass is 10.0. The number of unbranched alkanes of at least 4 members (excludes halogenated alkanes) is 1. The molecule has 6 N–H and O–H groups in total. The predicted molar refractivity (Wildman–Crippen MR) is 188 cm³/mol. The van der Waals surface area contributed by atoms with Crippen LogP contribution in [-0.2, 0) is 22.4 Å². The number of amidine groups is 2. The van der Waals surface area contributed by atoms with E-state index >= 15 is 0 Å². The standard InChI is InChI=1S/C34H34N8O2S2/c35-29(45-33(37)41-31(43)19-23-7-3-9-25(17-23)27-11-5-15-39-21-27)13-1-2-14-30(36)46-34(38)42-32(44)20-24-8-4-10-26(18-24)28-12-6-16-40-22-28/h3-12,15-18,21-22,35-36H,1-2,13-14,19-20H2,(H2,37,41,43)(H2,38,42,44). The average Bonchev–Trinajstić information content (AvgIpc) is 3.04. The summed E-state index contributed by atoms with van der Waals surface area (Å²) in [5, 5.41) is 27.4. The zero-order valence-corrected chi connectivity index (χ0v) is 26.7. The number of nitrogens with zero attached hydrogens (tertiary/aromatic N) is 3. The molecular formula is C34H34N8O2S2. The number of nitrogens with one attached hydrogen (secondary N) is 4. The Bertz CT molecular complexity index is 1730. The summed E-state index contributed by atoms with van der Waals surface area (Å²) in [6.45, 7) is 0. The van der Waals surface area contributed by atoms with Gasteiger partial charge < -0.3 is 11.1 Å². The minimum absolute atomic E-state index is 0.0229. The fraction of sp³-hybridized carbons (Fsp3) is 0.176. The summed E-state index contributed by atoms with van der Waals surface area (Å²) in [7, 11) is 0. The number of aliphatic imine (C=N–C) groups is 1. The molecule has 234 valence electrons. The first-order chi connectivity index (χ1) is 22.2. The van der Waals surface area contributed by atoms with E-state index in [-0.39, 0.29) is 45.1 Å². The maximum absolute atomic E-state index is 12.5. The van der Waals surface area contributed by atoms with Crippen LogP contribution in [0.3, 0.4) is 0 Å². The number of amides is 2. The minimum atomic E-state index is -0.389. The van der Waals surface area contributed by atoms with E-state index in [1.807, 2.05) is 72.8 Å². The van der Waals surface area contributed by atoms with Crippen molar-refractivity contribution in [3.8, 4) is 22.3 Å². The van der Waals surface area contributed by atoms with Crippen molar-refractivity contribution in [2.24, 2.45) is 10.7 Å². The quantitative estimate of drug-likeness (QED) is 0.0700. The average molecular weight is 651 g/mol. The number of hydrogen-bond donors (Lipinski definition) is 5. The van der Waals surface area contributed by atoms with Gasteiger partial charge >= 0.3 is 0 Å². The number of carbonyl (C=O) groups excluding carboxylic acids is 2. The van der Waals surface area contributed by atoms with Crippen molar-refractivity contribution in [3.63, 3.8) is 0 Å². The molecule has 12 heteroatoms. The lowest BCUT2D eigenvalue weighted by Gasteiger charge is -2.09. The first kappa shape index (κ1) is 33.9. The predicted octanol–water partition coefficient (Wildman–Crippen LogP) is 6.47. The van der Waals surface area contributed by atoms with Crippen molar-refractivity contribution in [2.45, 2.75) is 38.5 Å². The lowest BCUT2D eigenvalue weighted by Crippen LogP contribution is -2.29. The molecule has 2 aromatic heterocycles. The second kappa shape index (κ2) is 17.5. The van der Waals surface area contributed by atoms with Gasteiger partial charge in [-0.05, 0) is 94.7 Å². The fourth-order valence-corrected chi connectivity index (χ4v) is 5.76. The Morgan fingerprint density at radius 1 is 0.717 bits per heavy atom. The van der Waals surface area contributed by atoms with Crippen LogP contribution in [0.15, 0.2) is 103 Å². The van der Waals surface area contributed by atoms with E-state index in [1.165, 1.54) is 0 Å². The monoisotopic (exact) mass is 650 g/mol. The Balaban J connectivity index is 1.11. The molecule has 0 bridgehead atoms. The Labute approximate surface area is 276 Å². The third kappa shape index (κ3) is 11.5. The third-order valence-electron chi connectivity index (χ3n) is 6.56. The van der Waals surface area contributed by atoms with Crippen LogP contribution >= 0.6 is 23.5 Å². The topological polar surface area (TPSA) is 182 Å². The molecule has 0 fully saturated rings. The van der Waals surface area contributed by atoms with Crippen LogP contribution < -0.4 is 11.1 Å². The van der Waals surface area contributed by atoms with Gasteiger partial charge in [-0.2, -0.15) is 4.99 Å². The zero-order valence-electron chi connectivity index (χ0n) is 25.0. The molecule has 0 aliphatic rings. The lowest BCUT2D eigenvalue weighted by molar-refractivity contribution is -0.119. The SMILES string of the molecule is N=C(CCCCC(=N)SC(N)=NC(=O)Cc1cccc(-c2cccnc2)c1)SC(=N)NC(=O)Cc1cccc(-c2cccnc2)c1. The number of nitrogens with two attached hydrogens (primary N) is 1. The first-order valence-electron chi connectivity index (χ1n) is 14.5. The summed E-state index contributed by atoms with van der Waals surface area (Å²) in [5.41, 5.74) is 11.4. The molecule has 4 aromatic rings. The van der Waals surface area contributed by atoms with Crippen LogP contribution in [0, 0.1) is 16.2 Å². The summed E-state index contributed by atoms with van der Waals surface area (Å²) in [6, 6.07) is 22.8. The van der Waals surface area contributed by atoms with E-state index in [9.17, 15) is 9.59 Å². The highest BCUT2D eigenvalue weighted by Crippen LogP contribution is 2.21. The number of thioether (sulfide) groups is 2. The van der Waals surface area contributed by atoms with Crippen LogP contribution in [0.1, 0.15) is 36.8 Å². The van der Waals surface area contributed by atoms with Gasteiger partial charge in [-0.25, -0.2) is 0 Å². The van der Waals surface area contributed by atoms with E-state index in [2.05, 4.69) is 20.3 Å². The number of aromatic nitrogens is 2. The number of hydrogen-bond acceptors (Lipinski definition) is 9. The van der Waals surface area contributed by atoms with Crippen LogP contribution in [0.25, 0.3) is 22.3 Å². The maximum Gasteiger partial charge on any atom is 0.252 e. The Morgan fingerprint density at radius 2 is 1.24 bits per heavy atom.